The fourth-order valence-corrected chi connectivity index (χ4v) is 2.62. The molecule has 0 spiro atoms. The molecule has 0 radical (unpaired) electrons. The molecule has 7 nitrogen and oxygen atoms in total. The van der Waals surface area contributed by atoms with E-state index in [0.717, 1.165) is 44.3 Å². The van der Waals surface area contributed by atoms with Gasteiger partial charge in [0.05, 0.1) is 6.04 Å². The highest BCUT2D eigenvalue weighted by Crippen LogP contribution is 2.10. The topological polar surface area (TPSA) is 76.4 Å². The van der Waals surface area contributed by atoms with Gasteiger partial charge >= 0.3 is 0 Å². The van der Waals surface area contributed by atoms with Crippen LogP contribution in [0.1, 0.15) is 37.7 Å². The lowest BCUT2D eigenvalue weighted by Gasteiger charge is -2.19. The molecule has 0 saturated heterocycles. The highest BCUT2D eigenvalue weighted by molar-refractivity contribution is 14.0. The second-order valence-corrected chi connectivity index (χ2v) is 6.07. The van der Waals surface area contributed by atoms with Crippen LogP contribution < -0.4 is 10.6 Å². The molecule has 2 N–H and O–H groups in total. The number of rotatable bonds is 10. The first-order chi connectivity index (χ1) is 12.7. The Morgan fingerprint density at radius 2 is 2.07 bits per heavy atom. The molecule has 0 aliphatic rings. The van der Waals surface area contributed by atoms with Crippen LogP contribution in [0.4, 0.5) is 0 Å². The molecule has 2 aromatic rings. The van der Waals surface area contributed by atoms with Crippen LogP contribution in [-0.4, -0.2) is 47.5 Å². The summed E-state index contributed by atoms with van der Waals surface area (Å²) in [7, 11) is 1.71. The van der Waals surface area contributed by atoms with Gasteiger partial charge in [0, 0.05) is 39.8 Å². The zero-order valence-corrected chi connectivity index (χ0v) is 18.7. The van der Waals surface area contributed by atoms with E-state index in [1.165, 1.54) is 5.56 Å². The average molecular weight is 486 g/mol. The maximum atomic E-state index is 5.10. The smallest absolute Gasteiger partial charge is 0.191 e. The van der Waals surface area contributed by atoms with E-state index in [2.05, 4.69) is 68.5 Å². The first-order valence-corrected chi connectivity index (χ1v) is 9.20. The molecule has 150 valence electrons. The van der Waals surface area contributed by atoms with Gasteiger partial charge in [-0.25, -0.2) is 0 Å². The van der Waals surface area contributed by atoms with Gasteiger partial charge in [0.25, 0.3) is 0 Å². The Morgan fingerprint density at radius 3 is 2.78 bits per heavy atom. The lowest BCUT2D eigenvalue weighted by atomic mass is 10.1. The number of halogens is 1. The summed E-state index contributed by atoms with van der Waals surface area (Å²) < 4.78 is 7.17. The average Bonchev–Trinajstić information content (AvgIpc) is 3.13. The molecule has 1 aromatic carbocycles. The van der Waals surface area contributed by atoms with Gasteiger partial charge in [-0.1, -0.05) is 37.3 Å². The standard InChI is InChI=1S/C19H30N6O.HI/c1-4-18-24-22-15-25(18)13-12-21-19(20-11-8-14-26-3)23-16(2)17-9-6-5-7-10-17;/h5-7,9-10,15-16H,4,8,11-14H2,1-3H3,(H2,20,21,23);1H. The Labute approximate surface area is 179 Å². The van der Waals surface area contributed by atoms with Crippen molar-refractivity contribution >= 4 is 29.9 Å². The van der Waals surface area contributed by atoms with Gasteiger partial charge in [-0.3, -0.25) is 4.99 Å². The molecule has 0 bridgehead atoms. The first-order valence-electron chi connectivity index (χ1n) is 9.20. The lowest BCUT2D eigenvalue weighted by molar-refractivity contribution is 0.197. The highest BCUT2D eigenvalue weighted by Gasteiger charge is 2.08. The quantitative estimate of drug-likeness (QED) is 0.234. The number of nitrogens with zero attached hydrogens (tertiary/aromatic N) is 4. The van der Waals surface area contributed by atoms with Crippen molar-refractivity contribution in [1.82, 2.24) is 25.4 Å². The van der Waals surface area contributed by atoms with E-state index in [1.807, 2.05) is 6.07 Å². The molecule has 0 aliphatic carbocycles. The Hall–Kier alpha value is -1.68. The third-order valence-corrected chi connectivity index (χ3v) is 4.09. The third-order valence-electron chi connectivity index (χ3n) is 4.09. The molecule has 8 heteroatoms. The van der Waals surface area contributed by atoms with Crippen LogP contribution >= 0.6 is 24.0 Å². The molecule has 0 aliphatic heterocycles. The summed E-state index contributed by atoms with van der Waals surface area (Å²) in [5, 5.41) is 15.0. The Balaban J connectivity index is 0.00000364. The van der Waals surface area contributed by atoms with Gasteiger partial charge in [0.1, 0.15) is 12.2 Å². The molecule has 0 fully saturated rings. The summed E-state index contributed by atoms with van der Waals surface area (Å²) in [6, 6.07) is 10.5. The van der Waals surface area contributed by atoms with Crippen molar-refractivity contribution in [3.8, 4) is 0 Å². The van der Waals surface area contributed by atoms with Crippen molar-refractivity contribution in [2.24, 2.45) is 4.99 Å². The van der Waals surface area contributed by atoms with Crippen LogP contribution in [0.5, 0.6) is 0 Å². The minimum absolute atomic E-state index is 0. The third kappa shape index (κ3) is 8.25. The number of hydrogen-bond acceptors (Lipinski definition) is 4. The molecule has 1 heterocycles. The minimum atomic E-state index is 0. The van der Waals surface area contributed by atoms with E-state index in [4.69, 9.17) is 4.74 Å². The van der Waals surface area contributed by atoms with E-state index in [-0.39, 0.29) is 30.0 Å². The van der Waals surface area contributed by atoms with Crippen LogP contribution in [0.15, 0.2) is 41.7 Å². The maximum Gasteiger partial charge on any atom is 0.191 e. The summed E-state index contributed by atoms with van der Waals surface area (Å²) in [5.41, 5.74) is 1.23. The fourth-order valence-electron chi connectivity index (χ4n) is 2.62. The molecule has 0 amide bonds. The van der Waals surface area contributed by atoms with E-state index in [1.54, 1.807) is 13.4 Å². The fraction of sp³-hybridized carbons (Fsp3) is 0.526. The Morgan fingerprint density at radius 1 is 1.30 bits per heavy atom. The molecule has 27 heavy (non-hydrogen) atoms. The van der Waals surface area contributed by atoms with Crippen LogP contribution in [0, 0.1) is 0 Å². The summed E-state index contributed by atoms with van der Waals surface area (Å²) >= 11 is 0. The highest BCUT2D eigenvalue weighted by atomic mass is 127. The van der Waals surface area contributed by atoms with Gasteiger partial charge in [-0.05, 0) is 18.9 Å². The van der Waals surface area contributed by atoms with Gasteiger partial charge in [0.15, 0.2) is 5.96 Å². The second kappa shape index (κ2) is 13.5. The van der Waals surface area contributed by atoms with Gasteiger partial charge < -0.3 is 19.9 Å². The largest absolute Gasteiger partial charge is 0.385 e. The van der Waals surface area contributed by atoms with E-state index < -0.39 is 0 Å². The number of benzene rings is 1. The van der Waals surface area contributed by atoms with Crippen molar-refractivity contribution in [3.63, 3.8) is 0 Å². The van der Waals surface area contributed by atoms with Crippen LogP contribution in [0.2, 0.25) is 0 Å². The van der Waals surface area contributed by atoms with Crippen molar-refractivity contribution < 1.29 is 4.74 Å². The first kappa shape index (κ1) is 23.4. The maximum absolute atomic E-state index is 5.10. The Bertz CT molecular complexity index is 661. The van der Waals surface area contributed by atoms with Crippen molar-refractivity contribution in [3.05, 3.63) is 48.0 Å². The van der Waals surface area contributed by atoms with Gasteiger partial charge in [0.2, 0.25) is 0 Å². The normalized spacial score (nSPS) is 12.3. The lowest BCUT2D eigenvalue weighted by Crippen LogP contribution is -2.40. The number of nitrogens with one attached hydrogen (secondary N) is 2. The van der Waals surface area contributed by atoms with Crippen LogP contribution in [0.25, 0.3) is 0 Å². The zero-order valence-electron chi connectivity index (χ0n) is 16.4. The van der Waals surface area contributed by atoms with Crippen LogP contribution in [-0.2, 0) is 17.7 Å². The number of guanidine groups is 1. The molecule has 1 atom stereocenters. The molecule has 2 rings (SSSR count). The predicted molar refractivity (Wildman–Crippen MR) is 120 cm³/mol. The Kier molecular flexibility index (Phi) is 11.7. The van der Waals surface area contributed by atoms with E-state index in [9.17, 15) is 0 Å². The van der Waals surface area contributed by atoms with E-state index in [0.29, 0.717) is 6.61 Å². The minimum Gasteiger partial charge on any atom is -0.385 e. The molecule has 1 aromatic heterocycles. The monoisotopic (exact) mass is 486 g/mol. The van der Waals surface area contributed by atoms with Gasteiger partial charge in [-0.2, -0.15) is 0 Å². The molecule has 1 unspecified atom stereocenters. The van der Waals surface area contributed by atoms with Crippen LogP contribution in [0.3, 0.4) is 0 Å². The summed E-state index contributed by atoms with van der Waals surface area (Å²) in [6.07, 6.45) is 3.55. The number of methoxy groups -OCH3 is 1. The van der Waals surface area contributed by atoms with Crippen molar-refractivity contribution in [2.45, 2.75) is 39.3 Å². The zero-order chi connectivity index (χ0) is 18.6. The second-order valence-electron chi connectivity index (χ2n) is 6.07. The van der Waals surface area contributed by atoms with Gasteiger partial charge in [-0.15, -0.1) is 34.2 Å². The summed E-state index contributed by atoms with van der Waals surface area (Å²) in [6.45, 7) is 7.21. The van der Waals surface area contributed by atoms with E-state index >= 15 is 0 Å². The van der Waals surface area contributed by atoms with Crippen molar-refractivity contribution in [1.29, 1.82) is 0 Å². The summed E-state index contributed by atoms with van der Waals surface area (Å²) in [4.78, 5) is 4.66. The number of hydrogen-bond donors (Lipinski definition) is 2. The molecular weight excluding hydrogens is 455 g/mol. The molecule has 0 saturated carbocycles. The summed E-state index contributed by atoms with van der Waals surface area (Å²) in [5.74, 6) is 1.81. The SMILES string of the molecule is CCc1nncn1CCNC(=NCCCOC)NC(C)c1ccccc1.I. The predicted octanol–water partition coefficient (Wildman–Crippen LogP) is 2.79. The number of aromatic nitrogens is 3. The molecular formula is C19H31IN6O. The number of aryl methyl sites for hydroxylation is 1. The van der Waals surface area contributed by atoms with Crippen molar-refractivity contribution in [2.75, 3.05) is 26.8 Å². The number of ether oxygens (including phenoxy) is 1. The number of aliphatic imine (C=N–C) groups is 1.